The second kappa shape index (κ2) is 6.83. The minimum absolute atomic E-state index is 0.0444. The van der Waals surface area contributed by atoms with Gasteiger partial charge in [-0.05, 0) is 24.1 Å². The van der Waals surface area contributed by atoms with Gasteiger partial charge in [-0.2, -0.15) is 0 Å². The molecule has 0 saturated heterocycles. The van der Waals surface area contributed by atoms with Gasteiger partial charge in [0.2, 0.25) is 10.0 Å². The van der Waals surface area contributed by atoms with Gasteiger partial charge in [0, 0.05) is 24.3 Å². The zero-order chi connectivity index (χ0) is 16.1. The number of benzene rings is 2. The van der Waals surface area contributed by atoms with Crippen molar-refractivity contribution in [2.45, 2.75) is 12.2 Å². The molecule has 120 valence electrons. The molecule has 0 amide bonds. The van der Waals surface area contributed by atoms with Crippen molar-refractivity contribution >= 4 is 21.5 Å². The maximum atomic E-state index is 12.3. The lowest BCUT2D eigenvalue weighted by Crippen LogP contribution is -2.30. The van der Waals surface area contributed by atoms with Crippen LogP contribution < -0.4 is 10.0 Å². The summed E-state index contributed by atoms with van der Waals surface area (Å²) in [5, 5.41) is 3.24. The highest BCUT2D eigenvalue weighted by molar-refractivity contribution is 7.91. The van der Waals surface area contributed by atoms with Crippen molar-refractivity contribution < 1.29 is 8.42 Å². The Hall–Kier alpha value is -2.34. The van der Waals surface area contributed by atoms with Gasteiger partial charge in [-0.25, -0.2) is 8.42 Å². The Bertz CT molecular complexity index is 802. The molecule has 1 aliphatic heterocycles. The van der Waals surface area contributed by atoms with Crippen LogP contribution in [-0.2, 0) is 15.8 Å². The molecule has 5 nitrogen and oxygen atoms in total. The average molecular weight is 329 g/mol. The van der Waals surface area contributed by atoms with Gasteiger partial charge in [-0.1, -0.05) is 42.5 Å². The average Bonchev–Trinajstić information content (AvgIpc) is 2.56. The van der Waals surface area contributed by atoms with Gasteiger partial charge in [0.15, 0.2) is 0 Å². The molecule has 0 unspecified atom stereocenters. The second-order valence-electron chi connectivity index (χ2n) is 5.44. The van der Waals surface area contributed by atoms with Crippen LogP contribution in [0.2, 0.25) is 0 Å². The van der Waals surface area contributed by atoms with Crippen LogP contribution in [0, 0.1) is 0 Å². The first-order chi connectivity index (χ1) is 11.1. The Kier molecular flexibility index (Phi) is 4.62. The first-order valence-corrected chi connectivity index (χ1v) is 9.21. The van der Waals surface area contributed by atoms with E-state index < -0.39 is 10.0 Å². The molecular formula is C17H19N3O2S. The molecule has 6 heteroatoms. The molecule has 1 aliphatic rings. The van der Waals surface area contributed by atoms with E-state index in [0.29, 0.717) is 5.69 Å². The van der Waals surface area contributed by atoms with E-state index in [4.69, 9.17) is 0 Å². The van der Waals surface area contributed by atoms with Gasteiger partial charge in [0.1, 0.15) is 5.84 Å². The summed E-state index contributed by atoms with van der Waals surface area (Å²) in [7, 11) is -3.45. The molecule has 23 heavy (non-hydrogen) atoms. The molecule has 0 atom stereocenters. The van der Waals surface area contributed by atoms with Gasteiger partial charge < -0.3 is 5.32 Å². The van der Waals surface area contributed by atoms with Crippen LogP contribution in [0.1, 0.15) is 17.5 Å². The molecule has 0 aliphatic carbocycles. The van der Waals surface area contributed by atoms with E-state index in [1.54, 1.807) is 24.3 Å². The number of nitrogens with one attached hydrogen (secondary N) is 2. The zero-order valence-corrected chi connectivity index (χ0v) is 13.5. The summed E-state index contributed by atoms with van der Waals surface area (Å²) in [5.41, 5.74) is 2.20. The van der Waals surface area contributed by atoms with E-state index in [1.165, 1.54) is 0 Å². The highest BCUT2D eigenvalue weighted by atomic mass is 32.2. The van der Waals surface area contributed by atoms with Crippen molar-refractivity contribution in [3.8, 4) is 0 Å². The number of nitrogens with zero attached hydrogens (tertiary/aromatic N) is 1. The van der Waals surface area contributed by atoms with E-state index in [-0.39, 0.29) is 5.75 Å². The predicted octanol–water partition coefficient (Wildman–Crippen LogP) is 2.37. The number of amidine groups is 1. The zero-order valence-electron chi connectivity index (χ0n) is 12.7. The fourth-order valence-electron chi connectivity index (χ4n) is 2.47. The van der Waals surface area contributed by atoms with Crippen molar-refractivity contribution in [1.82, 2.24) is 5.32 Å². The van der Waals surface area contributed by atoms with Crippen molar-refractivity contribution in [3.05, 3.63) is 65.7 Å². The molecule has 2 aromatic rings. The molecule has 0 radical (unpaired) electrons. The van der Waals surface area contributed by atoms with Gasteiger partial charge >= 0.3 is 0 Å². The van der Waals surface area contributed by atoms with Crippen molar-refractivity contribution in [1.29, 1.82) is 0 Å². The highest BCUT2D eigenvalue weighted by Crippen LogP contribution is 2.15. The molecule has 0 bridgehead atoms. The maximum absolute atomic E-state index is 12.3. The highest BCUT2D eigenvalue weighted by Gasteiger charge is 2.13. The number of rotatable bonds is 5. The quantitative estimate of drug-likeness (QED) is 0.885. The van der Waals surface area contributed by atoms with E-state index >= 15 is 0 Å². The third-order valence-electron chi connectivity index (χ3n) is 3.51. The van der Waals surface area contributed by atoms with Gasteiger partial charge in [0.25, 0.3) is 0 Å². The van der Waals surface area contributed by atoms with Crippen LogP contribution in [0.3, 0.4) is 0 Å². The van der Waals surface area contributed by atoms with Crippen LogP contribution in [-0.4, -0.2) is 27.3 Å². The SMILES string of the molecule is O=S(=O)(Cc1ccccc1)Nc1cccc(C2=NCCCN2)c1. The van der Waals surface area contributed by atoms with Gasteiger partial charge in [-0.3, -0.25) is 9.71 Å². The monoisotopic (exact) mass is 329 g/mol. The first kappa shape index (κ1) is 15.6. The Labute approximate surface area is 136 Å². The Morgan fingerprint density at radius 2 is 1.91 bits per heavy atom. The fraction of sp³-hybridized carbons (Fsp3) is 0.235. The normalized spacial score (nSPS) is 14.7. The largest absolute Gasteiger partial charge is 0.370 e. The van der Waals surface area contributed by atoms with E-state index in [9.17, 15) is 8.42 Å². The Balaban J connectivity index is 1.76. The third kappa shape index (κ3) is 4.32. The number of hydrogen-bond donors (Lipinski definition) is 2. The molecule has 2 aromatic carbocycles. The Morgan fingerprint density at radius 3 is 2.65 bits per heavy atom. The van der Waals surface area contributed by atoms with E-state index in [0.717, 1.165) is 36.5 Å². The molecule has 0 saturated carbocycles. The number of anilines is 1. The van der Waals surface area contributed by atoms with Crippen molar-refractivity contribution in [3.63, 3.8) is 0 Å². The smallest absolute Gasteiger partial charge is 0.236 e. The molecular weight excluding hydrogens is 310 g/mol. The molecule has 1 heterocycles. The molecule has 0 spiro atoms. The second-order valence-corrected chi connectivity index (χ2v) is 7.16. The van der Waals surface area contributed by atoms with Crippen molar-refractivity contribution in [2.75, 3.05) is 17.8 Å². The van der Waals surface area contributed by atoms with Gasteiger partial charge in [0.05, 0.1) is 5.75 Å². The summed E-state index contributed by atoms with van der Waals surface area (Å²) in [6.45, 7) is 1.69. The third-order valence-corrected chi connectivity index (χ3v) is 4.77. The van der Waals surface area contributed by atoms with Crippen LogP contribution in [0.15, 0.2) is 59.6 Å². The molecule has 0 aromatic heterocycles. The standard InChI is InChI=1S/C17H19N3O2S/c21-23(22,13-14-6-2-1-3-7-14)20-16-9-4-8-15(12-16)17-18-10-5-11-19-17/h1-4,6-9,12,20H,5,10-11,13H2,(H,18,19). The summed E-state index contributed by atoms with van der Waals surface area (Å²) in [6.07, 6.45) is 1.02. The van der Waals surface area contributed by atoms with Crippen LogP contribution in [0.5, 0.6) is 0 Å². The lowest BCUT2D eigenvalue weighted by Gasteiger charge is -2.15. The van der Waals surface area contributed by atoms with E-state index in [2.05, 4.69) is 15.0 Å². The van der Waals surface area contributed by atoms with Crippen LogP contribution in [0.25, 0.3) is 0 Å². The maximum Gasteiger partial charge on any atom is 0.236 e. The fourth-order valence-corrected chi connectivity index (χ4v) is 3.65. The minimum atomic E-state index is -3.45. The lowest BCUT2D eigenvalue weighted by molar-refractivity contribution is 0.600. The van der Waals surface area contributed by atoms with Gasteiger partial charge in [-0.15, -0.1) is 0 Å². The number of sulfonamides is 1. The first-order valence-electron chi connectivity index (χ1n) is 7.56. The number of hydrogen-bond acceptors (Lipinski definition) is 4. The molecule has 2 N–H and O–H groups in total. The van der Waals surface area contributed by atoms with Crippen molar-refractivity contribution in [2.24, 2.45) is 4.99 Å². The summed E-state index contributed by atoms with van der Waals surface area (Å²) >= 11 is 0. The summed E-state index contributed by atoms with van der Waals surface area (Å²) in [4.78, 5) is 4.43. The topological polar surface area (TPSA) is 70.6 Å². The van der Waals surface area contributed by atoms with Crippen LogP contribution >= 0.6 is 0 Å². The summed E-state index contributed by atoms with van der Waals surface area (Å²) in [6, 6.07) is 16.4. The molecule has 0 fully saturated rings. The summed E-state index contributed by atoms with van der Waals surface area (Å²) < 4.78 is 27.2. The summed E-state index contributed by atoms with van der Waals surface area (Å²) in [5.74, 6) is 0.775. The molecule has 3 rings (SSSR count). The minimum Gasteiger partial charge on any atom is -0.370 e. The Morgan fingerprint density at radius 1 is 1.09 bits per heavy atom. The predicted molar refractivity (Wildman–Crippen MR) is 93.2 cm³/mol. The number of aliphatic imine (C=N–C) groups is 1. The van der Waals surface area contributed by atoms with Crippen LogP contribution in [0.4, 0.5) is 5.69 Å². The van der Waals surface area contributed by atoms with E-state index in [1.807, 2.05) is 30.3 Å². The lowest BCUT2D eigenvalue weighted by atomic mass is 10.1.